The number of aryl methyl sites for hydroxylation is 1. The minimum absolute atomic E-state index is 0.0175. The first-order valence-electron chi connectivity index (χ1n) is 7.73. The van der Waals surface area contributed by atoms with Crippen LogP contribution in [0.4, 0.5) is 18.3 Å². The molecule has 0 saturated carbocycles. The molecule has 1 heterocycles. The number of aromatic nitrogens is 1. The molecule has 0 bridgehead atoms. The van der Waals surface area contributed by atoms with E-state index in [1.807, 2.05) is 29.6 Å². The molecule has 0 saturated heterocycles. The molecule has 8 nitrogen and oxygen atoms in total. The fourth-order valence-corrected chi connectivity index (χ4v) is 3.56. The van der Waals surface area contributed by atoms with E-state index in [-0.39, 0.29) is 18.8 Å². The molecule has 0 spiro atoms. The van der Waals surface area contributed by atoms with E-state index in [0.717, 1.165) is 16.8 Å². The van der Waals surface area contributed by atoms with Crippen molar-refractivity contribution in [3.05, 3.63) is 35.2 Å². The standard InChI is InChI=1S/C13H18N4O2S2.C2HF3O2/c14-6-7-16-21(18,19)8-5-10-3-1-2-4-11(10)12-9-20-13(15)17-12;3-2(4,5)1(6)7/h1-4,9,16H,5-8,14H2,(H2,15,17);(H,6,7). The van der Waals surface area contributed by atoms with E-state index in [0.29, 0.717) is 11.6 Å². The summed E-state index contributed by atoms with van der Waals surface area (Å²) in [6.45, 7) is 0.542. The van der Waals surface area contributed by atoms with Gasteiger partial charge in [-0.15, -0.1) is 11.3 Å². The summed E-state index contributed by atoms with van der Waals surface area (Å²) < 4.78 is 57.8. The molecule has 2 aromatic rings. The number of carboxylic acids is 1. The van der Waals surface area contributed by atoms with E-state index in [1.165, 1.54) is 11.3 Å². The largest absolute Gasteiger partial charge is 0.490 e. The summed E-state index contributed by atoms with van der Waals surface area (Å²) in [5.74, 6) is -2.74. The Morgan fingerprint density at radius 3 is 2.39 bits per heavy atom. The minimum Gasteiger partial charge on any atom is -0.475 e. The highest BCUT2D eigenvalue weighted by Crippen LogP contribution is 2.26. The number of thiazole rings is 1. The number of rotatable bonds is 7. The average Bonchev–Trinajstić information content (AvgIpc) is 3.04. The van der Waals surface area contributed by atoms with Gasteiger partial charge in [0.05, 0.1) is 11.4 Å². The Hall–Kier alpha value is -2.22. The number of alkyl halides is 3. The molecule has 0 radical (unpaired) electrons. The first kappa shape index (κ1) is 23.8. The van der Waals surface area contributed by atoms with Gasteiger partial charge in [0.15, 0.2) is 5.13 Å². The maximum Gasteiger partial charge on any atom is 0.490 e. The van der Waals surface area contributed by atoms with Gasteiger partial charge < -0.3 is 16.6 Å². The molecular weight excluding hydrogens is 421 g/mol. The second kappa shape index (κ2) is 10.4. The smallest absolute Gasteiger partial charge is 0.475 e. The molecule has 0 aliphatic rings. The van der Waals surface area contributed by atoms with Crippen LogP contribution in [0, 0.1) is 0 Å². The summed E-state index contributed by atoms with van der Waals surface area (Å²) >= 11 is 1.36. The predicted molar refractivity (Wildman–Crippen MR) is 100 cm³/mol. The maximum atomic E-state index is 11.8. The van der Waals surface area contributed by atoms with Crippen LogP contribution >= 0.6 is 11.3 Å². The predicted octanol–water partition coefficient (Wildman–Crippen LogP) is 1.45. The normalized spacial score (nSPS) is 11.6. The average molecular weight is 440 g/mol. The number of aliphatic carboxylic acids is 1. The van der Waals surface area contributed by atoms with Gasteiger partial charge >= 0.3 is 12.1 Å². The molecule has 6 N–H and O–H groups in total. The topological polar surface area (TPSA) is 148 Å². The molecule has 0 aliphatic carbocycles. The Kier molecular flexibility index (Phi) is 8.81. The number of nitrogens with zero attached hydrogens (tertiary/aromatic N) is 1. The fraction of sp³-hybridized carbons (Fsp3) is 0.333. The molecular formula is C15H19F3N4O4S2. The van der Waals surface area contributed by atoms with Crippen molar-refractivity contribution in [2.24, 2.45) is 5.73 Å². The monoisotopic (exact) mass is 440 g/mol. The molecule has 1 aromatic heterocycles. The number of halogens is 3. The van der Waals surface area contributed by atoms with Crippen LogP contribution in [0.1, 0.15) is 5.56 Å². The zero-order valence-electron chi connectivity index (χ0n) is 14.4. The molecule has 0 amide bonds. The third-order valence-corrected chi connectivity index (χ3v) is 5.22. The van der Waals surface area contributed by atoms with E-state index in [2.05, 4.69) is 9.71 Å². The van der Waals surface area contributed by atoms with Crippen molar-refractivity contribution in [3.63, 3.8) is 0 Å². The van der Waals surface area contributed by atoms with Crippen molar-refractivity contribution in [3.8, 4) is 11.3 Å². The van der Waals surface area contributed by atoms with Gasteiger partial charge in [-0.3, -0.25) is 0 Å². The van der Waals surface area contributed by atoms with E-state index in [9.17, 15) is 21.6 Å². The van der Waals surface area contributed by atoms with Crippen LogP contribution in [-0.4, -0.2) is 49.5 Å². The van der Waals surface area contributed by atoms with Gasteiger partial charge in [0.1, 0.15) is 0 Å². The van der Waals surface area contributed by atoms with Crippen LogP contribution < -0.4 is 16.2 Å². The Balaban J connectivity index is 0.000000480. The highest BCUT2D eigenvalue weighted by Gasteiger charge is 2.38. The third kappa shape index (κ3) is 8.21. The summed E-state index contributed by atoms with van der Waals surface area (Å²) in [5, 5.41) is 9.49. The fourth-order valence-electron chi connectivity index (χ4n) is 1.93. The number of sulfonamides is 1. The third-order valence-electron chi connectivity index (χ3n) is 3.16. The number of hydrogen-bond donors (Lipinski definition) is 4. The van der Waals surface area contributed by atoms with Crippen LogP contribution in [0.25, 0.3) is 11.3 Å². The summed E-state index contributed by atoms with van der Waals surface area (Å²) in [7, 11) is -3.31. The lowest BCUT2D eigenvalue weighted by Crippen LogP contribution is -2.31. The van der Waals surface area contributed by atoms with Gasteiger partial charge in [-0.05, 0) is 12.0 Å². The summed E-state index contributed by atoms with van der Waals surface area (Å²) in [6, 6.07) is 7.61. The minimum atomic E-state index is -5.08. The second-order valence-electron chi connectivity index (χ2n) is 5.28. The Morgan fingerprint density at radius 1 is 1.29 bits per heavy atom. The summed E-state index contributed by atoms with van der Waals surface area (Å²) in [4.78, 5) is 13.1. The molecule has 156 valence electrons. The molecule has 0 fully saturated rings. The van der Waals surface area contributed by atoms with E-state index < -0.39 is 22.2 Å². The number of hydrogen-bond acceptors (Lipinski definition) is 7. The van der Waals surface area contributed by atoms with Crippen molar-refractivity contribution < 1.29 is 31.5 Å². The summed E-state index contributed by atoms with van der Waals surface area (Å²) in [6.07, 6.45) is -4.67. The van der Waals surface area contributed by atoms with Crippen molar-refractivity contribution in [2.75, 3.05) is 24.6 Å². The number of carbonyl (C=O) groups is 1. The number of anilines is 1. The van der Waals surface area contributed by atoms with Gasteiger partial charge in [0.25, 0.3) is 0 Å². The quantitative estimate of drug-likeness (QED) is 0.509. The van der Waals surface area contributed by atoms with Crippen LogP contribution in [0.5, 0.6) is 0 Å². The van der Waals surface area contributed by atoms with Crippen molar-refractivity contribution in [1.82, 2.24) is 9.71 Å². The molecule has 1 aromatic carbocycles. The SMILES string of the molecule is NCCNS(=O)(=O)CCc1ccccc1-c1csc(N)n1.O=C(O)C(F)(F)F. The lowest BCUT2D eigenvalue weighted by molar-refractivity contribution is -0.192. The van der Waals surface area contributed by atoms with Crippen molar-refractivity contribution in [2.45, 2.75) is 12.6 Å². The van der Waals surface area contributed by atoms with Gasteiger partial charge in [-0.25, -0.2) is 22.9 Å². The van der Waals surface area contributed by atoms with Crippen molar-refractivity contribution in [1.29, 1.82) is 0 Å². The highest BCUT2D eigenvalue weighted by atomic mass is 32.2. The van der Waals surface area contributed by atoms with E-state index in [1.54, 1.807) is 0 Å². The number of nitrogens with two attached hydrogens (primary N) is 2. The molecule has 13 heteroatoms. The first-order chi connectivity index (χ1) is 13.0. The number of carboxylic acid groups (broad SMARTS) is 1. The number of nitrogen functional groups attached to an aromatic ring is 1. The molecule has 0 unspecified atom stereocenters. The lowest BCUT2D eigenvalue weighted by atomic mass is 10.0. The number of nitrogens with one attached hydrogen (secondary N) is 1. The molecule has 28 heavy (non-hydrogen) atoms. The zero-order chi connectivity index (χ0) is 21.4. The molecule has 0 aliphatic heterocycles. The van der Waals surface area contributed by atoms with Crippen LogP contribution in [0.3, 0.4) is 0 Å². The highest BCUT2D eigenvalue weighted by molar-refractivity contribution is 7.89. The first-order valence-corrected chi connectivity index (χ1v) is 10.3. The second-order valence-corrected chi connectivity index (χ2v) is 8.10. The number of benzene rings is 1. The summed E-state index contributed by atoms with van der Waals surface area (Å²) in [5.41, 5.74) is 13.6. The van der Waals surface area contributed by atoms with Gasteiger partial charge in [-0.2, -0.15) is 13.2 Å². The van der Waals surface area contributed by atoms with Gasteiger partial charge in [-0.1, -0.05) is 24.3 Å². The zero-order valence-corrected chi connectivity index (χ0v) is 16.1. The lowest BCUT2D eigenvalue weighted by Gasteiger charge is -2.09. The van der Waals surface area contributed by atoms with E-state index >= 15 is 0 Å². The van der Waals surface area contributed by atoms with Crippen molar-refractivity contribution >= 4 is 32.5 Å². The van der Waals surface area contributed by atoms with Gasteiger partial charge in [0, 0.05) is 24.0 Å². The van der Waals surface area contributed by atoms with E-state index in [4.69, 9.17) is 21.4 Å². The Morgan fingerprint density at radius 2 is 1.89 bits per heavy atom. The van der Waals surface area contributed by atoms with Crippen LogP contribution in [-0.2, 0) is 21.2 Å². The Bertz CT molecular complexity index is 885. The maximum absolute atomic E-state index is 11.8. The Labute approximate surface area is 163 Å². The van der Waals surface area contributed by atoms with Crippen LogP contribution in [0.2, 0.25) is 0 Å². The molecule has 0 atom stereocenters. The van der Waals surface area contributed by atoms with Gasteiger partial charge in [0.2, 0.25) is 10.0 Å². The molecule has 2 rings (SSSR count). The van der Waals surface area contributed by atoms with Crippen LogP contribution in [0.15, 0.2) is 29.6 Å².